The molecule has 152 valence electrons. The standard InChI is InChI=1S/C21H22ClN3O4/c1-25(14-19-23-21(24-29-19)17-6-3-4-7-18(17)22)20(26)8-5-13-28-16-11-9-15(27-2)10-12-16/h3-4,6-7,9-12H,5,8,13-14H2,1-2H3. The molecule has 0 aliphatic rings. The van der Waals surface area contributed by atoms with Crippen LogP contribution in [0.15, 0.2) is 53.1 Å². The SMILES string of the molecule is COc1ccc(OCCCC(=O)N(C)Cc2nc(-c3ccccc3Cl)no2)cc1. The number of halogens is 1. The number of carbonyl (C=O) groups is 1. The Morgan fingerprint density at radius 3 is 2.59 bits per heavy atom. The number of nitrogens with zero attached hydrogens (tertiary/aromatic N) is 3. The Bertz CT molecular complexity index is 943. The normalized spacial score (nSPS) is 10.6. The van der Waals surface area contributed by atoms with Gasteiger partial charge >= 0.3 is 0 Å². The number of amides is 1. The van der Waals surface area contributed by atoms with E-state index < -0.39 is 0 Å². The molecule has 0 radical (unpaired) electrons. The fourth-order valence-corrected chi connectivity index (χ4v) is 2.86. The van der Waals surface area contributed by atoms with Crippen LogP contribution in [0.1, 0.15) is 18.7 Å². The molecule has 0 unspecified atom stereocenters. The van der Waals surface area contributed by atoms with E-state index in [2.05, 4.69) is 10.1 Å². The maximum absolute atomic E-state index is 12.3. The average Bonchev–Trinajstić information content (AvgIpc) is 3.20. The van der Waals surface area contributed by atoms with Crippen LogP contribution in [0.25, 0.3) is 11.4 Å². The maximum Gasteiger partial charge on any atom is 0.246 e. The third-order valence-corrected chi connectivity index (χ3v) is 4.57. The number of hydrogen-bond donors (Lipinski definition) is 0. The molecule has 0 N–H and O–H groups in total. The van der Waals surface area contributed by atoms with Gasteiger partial charge in [0, 0.05) is 19.0 Å². The van der Waals surface area contributed by atoms with E-state index in [-0.39, 0.29) is 12.5 Å². The Morgan fingerprint density at radius 1 is 1.14 bits per heavy atom. The number of aromatic nitrogens is 2. The van der Waals surface area contributed by atoms with Gasteiger partial charge in [-0.2, -0.15) is 4.98 Å². The summed E-state index contributed by atoms with van der Waals surface area (Å²) in [6.07, 6.45) is 0.960. The van der Waals surface area contributed by atoms with E-state index in [9.17, 15) is 4.79 Å². The molecule has 7 nitrogen and oxygen atoms in total. The molecule has 0 aliphatic carbocycles. The van der Waals surface area contributed by atoms with Gasteiger partial charge in [-0.15, -0.1) is 0 Å². The lowest BCUT2D eigenvalue weighted by Crippen LogP contribution is -2.26. The topological polar surface area (TPSA) is 77.7 Å². The third-order valence-electron chi connectivity index (χ3n) is 4.24. The zero-order valence-electron chi connectivity index (χ0n) is 16.3. The molecule has 0 aliphatic heterocycles. The van der Waals surface area contributed by atoms with Crippen molar-refractivity contribution in [2.75, 3.05) is 20.8 Å². The highest BCUT2D eigenvalue weighted by Crippen LogP contribution is 2.25. The van der Waals surface area contributed by atoms with E-state index in [4.69, 9.17) is 25.6 Å². The van der Waals surface area contributed by atoms with Crippen LogP contribution in [0.3, 0.4) is 0 Å². The predicted molar refractivity (Wildman–Crippen MR) is 109 cm³/mol. The molecule has 0 bridgehead atoms. The van der Waals surface area contributed by atoms with Crippen LogP contribution in [0, 0.1) is 0 Å². The fraction of sp³-hybridized carbons (Fsp3) is 0.286. The van der Waals surface area contributed by atoms with Crippen molar-refractivity contribution in [3.63, 3.8) is 0 Å². The first kappa shape index (κ1) is 20.7. The Balaban J connectivity index is 1.44. The first-order valence-electron chi connectivity index (χ1n) is 9.15. The second-order valence-electron chi connectivity index (χ2n) is 6.37. The van der Waals surface area contributed by atoms with Crippen molar-refractivity contribution in [1.82, 2.24) is 15.0 Å². The summed E-state index contributed by atoms with van der Waals surface area (Å²) in [5.74, 6) is 2.24. The van der Waals surface area contributed by atoms with Gasteiger partial charge in [0.15, 0.2) is 0 Å². The summed E-state index contributed by atoms with van der Waals surface area (Å²) >= 11 is 6.15. The first-order valence-corrected chi connectivity index (χ1v) is 9.53. The third kappa shape index (κ3) is 5.71. The van der Waals surface area contributed by atoms with Gasteiger partial charge in [-0.3, -0.25) is 4.79 Å². The largest absolute Gasteiger partial charge is 0.497 e. The number of rotatable bonds is 9. The van der Waals surface area contributed by atoms with Crippen molar-refractivity contribution >= 4 is 17.5 Å². The quantitative estimate of drug-likeness (QED) is 0.487. The molecule has 3 rings (SSSR count). The summed E-state index contributed by atoms with van der Waals surface area (Å²) in [6, 6.07) is 14.6. The second-order valence-corrected chi connectivity index (χ2v) is 6.78. The van der Waals surface area contributed by atoms with Crippen molar-refractivity contribution in [1.29, 1.82) is 0 Å². The van der Waals surface area contributed by atoms with Crippen molar-refractivity contribution in [2.45, 2.75) is 19.4 Å². The monoisotopic (exact) mass is 415 g/mol. The smallest absolute Gasteiger partial charge is 0.246 e. The average molecular weight is 416 g/mol. The number of hydrogen-bond acceptors (Lipinski definition) is 6. The Kier molecular flexibility index (Phi) is 7.08. The molecule has 1 heterocycles. The molecule has 0 atom stereocenters. The highest BCUT2D eigenvalue weighted by Gasteiger charge is 2.15. The number of methoxy groups -OCH3 is 1. The Labute approximate surface area is 174 Å². The lowest BCUT2D eigenvalue weighted by Gasteiger charge is -2.14. The highest BCUT2D eigenvalue weighted by atomic mass is 35.5. The Hall–Kier alpha value is -3.06. The van der Waals surface area contributed by atoms with E-state index >= 15 is 0 Å². The lowest BCUT2D eigenvalue weighted by atomic mass is 10.2. The van der Waals surface area contributed by atoms with Crippen LogP contribution < -0.4 is 9.47 Å². The van der Waals surface area contributed by atoms with Crippen LogP contribution in [-0.2, 0) is 11.3 Å². The molecule has 29 heavy (non-hydrogen) atoms. The first-order chi connectivity index (χ1) is 14.1. The van der Waals surface area contributed by atoms with Gasteiger partial charge in [0.05, 0.1) is 25.3 Å². The van der Waals surface area contributed by atoms with Gasteiger partial charge in [0.25, 0.3) is 0 Å². The molecule has 1 amide bonds. The molecular weight excluding hydrogens is 394 g/mol. The molecule has 8 heteroatoms. The summed E-state index contributed by atoms with van der Waals surface area (Å²) in [5.41, 5.74) is 0.689. The molecule has 3 aromatic rings. The number of ether oxygens (including phenoxy) is 2. The van der Waals surface area contributed by atoms with Crippen LogP contribution in [0.4, 0.5) is 0 Å². The molecule has 2 aromatic carbocycles. The molecule has 0 saturated heterocycles. The van der Waals surface area contributed by atoms with Crippen molar-refractivity contribution in [2.24, 2.45) is 0 Å². The van der Waals surface area contributed by atoms with Crippen LogP contribution in [-0.4, -0.2) is 41.7 Å². The van der Waals surface area contributed by atoms with Gasteiger partial charge in [-0.1, -0.05) is 28.9 Å². The predicted octanol–water partition coefficient (Wildman–Crippen LogP) is 4.22. The minimum atomic E-state index is -0.0270. The zero-order chi connectivity index (χ0) is 20.6. The van der Waals surface area contributed by atoms with Crippen LogP contribution >= 0.6 is 11.6 Å². The summed E-state index contributed by atoms with van der Waals surface area (Å²) in [5, 5.41) is 4.49. The van der Waals surface area contributed by atoms with Gasteiger partial charge in [0.2, 0.25) is 17.6 Å². The van der Waals surface area contributed by atoms with Gasteiger partial charge < -0.3 is 18.9 Å². The zero-order valence-corrected chi connectivity index (χ0v) is 17.1. The maximum atomic E-state index is 12.3. The summed E-state index contributed by atoms with van der Waals surface area (Å²) in [6.45, 7) is 0.679. The molecule has 0 saturated carbocycles. The summed E-state index contributed by atoms with van der Waals surface area (Å²) in [4.78, 5) is 18.2. The molecule has 0 fully saturated rings. The fourth-order valence-electron chi connectivity index (χ4n) is 2.64. The van der Waals surface area contributed by atoms with E-state index in [1.807, 2.05) is 42.5 Å². The minimum absolute atomic E-state index is 0.0270. The summed E-state index contributed by atoms with van der Waals surface area (Å²) < 4.78 is 16.0. The molecule has 1 aromatic heterocycles. The molecule has 0 spiro atoms. The highest BCUT2D eigenvalue weighted by molar-refractivity contribution is 6.33. The minimum Gasteiger partial charge on any atom is -0.497 e. The van der Waals surface area contributed by atoms with Crippen molar-refractivity contribution in [3.05, 3.63) is 59.4 Å². The van der Waals surface area contributed by atoms with Crippen molar-refractivity contribution in [3.8, 4) is 22.9 Å². The van der Waals surface area contributed by atoms with E-state index in [0.717, 1.165) is 11.5 Å². The number of benzene rings is 2. The lowest BCUT2D eigenvalue weighted by molar-refractivity contribution is -0.131. The molecular formula is C21H22ClN3O4. The van der Waals surface area contributed by atoms with E-state index in [0.29, 0.717) is 41.7 Å². The van der Waals surface area contributed by atoms with E-state index in [1.165, 1.54) is 0 Å². The van der Waals surface area contributed by atoms with Crippen LogP contribution in [0.5, 0.6) is 11.5 Å². The van der Waals surface area contributed by atoms with Crippen molar-refractivity contribution < 1.29 is 18.8 Å². The number of carbonyl (C=O) groups excluding carboxylic acids is 1. The van der Waals surface area contributed by atoms with Gasteiger partial charge in [-0.25, -0.2) is 0 Å². The summed E-state index contributed by atoms with van der Waals surface area (Å²) in [7, 11) is 3.32. The van der Waals surface area contributed by atoms with E-state index in [1.54, 1.807) is 25.1 Å². The Morgan fingerprint density at radius 2 is 1.86 bits per heavy atom. The van der Waals surface area contributed by atoms with Gasteiger partial charge in [-0.05, 0) is 42.8 Å². The van der Waals surface area contributed by atoms with Crippen LogP contribution in [0.2, 0.25) is 5.02 Å². The van der Waals surface area contributed by atoms with Gasteiger partial charge in [0.1, 0.15) is 11.5 Å². The second kappa shape index (κ2) is 9.93.